The smallest absolute Gasteiger partial charge is 0.233 e. The number of carbonyl (C=O) groups excluding carboxylic acids is 1. The van der Waals surface area contributed by atoms with E-state index >= 15 is 0 Å². The van der Waals surface area contributed by atoms with Crippen molar-refractivity contribution in [1.82, 2.24) is 10.2 Å². The van der Waals surface area contributed by atoms with Gasteiger partial charge in [0.05, 0.1) is 11.6 Å². The van der Waals surface area contributed by atoms with E-state index in [4.69, 9.17) is 11.6 Å². The number of nitrogens with zero attached hydrogens (tertiary/aromatic N) is 1. The van der Waals surface area contributed by atoms with Gasteiger partial charge in [0, 0.05) is 19.2 Å². The summed E-state index contributed by atoms with van der Waals surface area (Å²) < 4.78 is 0. The summed E-state index contributed by atoms with van der Waals surface area (Å²) in [6.07, 6.45) is 0. The van der Waals surface area contributed by atoms with Gasteiger partial charge in [-0.2, -0.15) is 0 Å². The molecule has 0 fully saturated rings. The van der Waals surface area contributed by atoms with E-state index in [1.807, 2.05) is 0 Å². The van der Waals surface area contributed by atoms with E-state index in [1.54, 1.807) is 37.2 Å². The molecule has 1 rings (SSSR count). The summed E-state index contributed by atoms with van der Waals surface area (Å²) in [7, 11) is 3.39. The second kappa shape index (κ2) is 5.72. The predicted octanol–water partition coefficient (Wildman–Crippen LogP) is 1.22. The minimum Gasteiger partial charge on any atom is -0.506 e. The normalized spacial score (nSPS) is 10.5. The lowest BCUT2D eigenvalue weighted by Crippen LogP contribution is -2.32. The van der Waals surface area contributed by atoms with Crippen molar-refractivity contribution < 1.29 is 9.90 Å². The Morgan fingerprint density at radius 3 is 2.88 bits per heavy atom. The van der Waals surface area contributed by atoms with Crippen LogP contribution >= 0.6 is 11.6 Å². The van der Waals surface area contributed by atoms with Crippen LogP contribution in [0.1, 0.15) is 5.56 Å². The Morgan fingerprint density at radius 1 is 1.56 bits per heavy atom. The fourth-order valence-corrected chi connectivity index (χ4v) is 1.55. The first-order valence-corrected chi connectivity index (χ1v) is 5.28. The molecule has 1 amide bonds. The second-order valence-corrected chi connectivity index (χ2v) is 4.00. The first kappa shape index (κ1) is 12.8. The molecule has 0 aliphatic rings. The predicted molar refractivity (Wildman–Crippen MR) is 63.5 cm³/mol. The summed E-state index contributed by atoms with van der Waals surface area (Å²) in [6.45, 7) is 0.752. The molecule has 0 heterocycles. The van der Waals surface area contributed by atoms with Gasteiger partial charge >= 0.3 is 0 Å². The van der Waals surface area contributed by atoms with Gasteiger partial charge in [0.2, 0.25) is 5.91 Å². The van der Waals surface area contributed by atoms with Crippen molar-refractivity contribution in [2.24, 2.45) is 0 Å². The molecule has 0 aliphatic carbocycles. The number of phenols is 1. The molecule has 0 saturated heterocycles. The van der Waals surface area contributed by atoms with Crippen LogP contribution in [-0.2, 0) is 11.3 Å². The summed E-state index contributed by atoms with van der Waals surface area (Å²) in [5.41, 5.74) is 0.707. The number of rotatable bonds is 4. The molecule has 5 heteroatoms. The van der Waals surface area contributed by atoms with Crippen molar-refractivity contribution in [1.29, 1.82) is 0 Å². The number of halogens is 1. The molecule has 2 N–H and O–H groups in total. The Morgan fingerprint density at radius 2 is 2.25 bits per heavy atom. The number of hydrogen-bond acceptors (Lipinski definition) is 3. The number of hydrogen-bond donors (Lipinski definition) is 2. The standard InChI is InChI=1S/C11H15ClN2O2/c1-13-10(15)7-14(2)6-8-4-3-5-9(12)11(8)16/h3-5,16H,6-7H2,1-2H3,(H,13,15). The third kappa shape index (κ3) is 3.40. The highest BCUT2D eigenvalue weighted by molar-refractivity contribution is 6.32. The Kier molecular flexibility index (Phi) is 4.58. The number of benzene rings is 1. The van der Waals surface area contributed by atoms with Gasteiger partial charge in [0.25, 0.3) is 0 Å². The van der Waals surface area contributed by atoms with Crippen LogP contribution in [0, 0.1) is 0 Å². The average molecular weight is 243 g/mol. The largest absolute Gasteiger partial charge is 0.506 e. The van der Waals surface area contributed by atoms with Crippen molar-refractivity contribution in [3.63, 3.8) is 0 Å². The molecular weight excluding hydrogens is 228 g/mol. The maximum Gasteiger partial charge on any atom is 0.233 e. The van der Waals surface area contributed by atoms with Crippen LogP contribution < -0.4 is 5.32 Å². The van der Waals surface area contributed by atoms with Crippen LogP contribution in [0.3, 0.4) is 0 Å². The van der Waals surface area contributed by atoms with Gasteiger partial charge in [-0.15, -0.1) is 0 Å². The van der Waals surface area contributed by atoms with Crippen molar-refractivity contribution >= 4 is 17.5 Å². The topological polar surface area (TPSA) is 52.6 Å². The number of carbonyl (C=O) groups is 1. The fourth-order valence-electron chi connectivity index (χ4n) is 1.36. The van der Waals surface area contributed by atoms with E-state index in [9.17, 15) is 9.90 Å². The molecule has 16 heavy (non-hydrogen) atoms. The van der Waals surface area contributed by atoms with Crippen molar-refractivity contribution in [3.05, 3.63) is 28.8 Å². The van der Waals surface area contributed by atoms with E-state index in [2.05, 4.69) is 5.32 Å². The lowest BCUT2D eigenvalue weighted by Gasteiger charge is -2.16. The van der Waals surface area contributed by atoms with E-state index < -0.39 is 0 Å². The summed E-state index contributed by atoms with van der Waals surface area (Å²) in [5, 5.41) is 12.5. The molecule has 0 radical (unpaired) electrons. The minimum absolute atomic E-state index is 0.0657. The van der Waals surface area contributed by atoms with Gasteiger partial charge in [-0.3, -0.25) is 9.69 Å². The van der Waals surface area contributed by atoms with Gasteiger partial charge in [-0.1, -0.05) is 23.7 Å². The van der Waals surface area contributed by atoms with Gasteiger partial charge < -0.3 is 10.4 Å². The Balaban J connectivity index is 2.66. The molecule has 0 aromatic heterocycles. The van der Waals surface area contributed by atoms with Crippen LogP contribution in [0.15, 0.2) is 18.2 Å². The zero-order chi connectivity index (χ0) is 12.1. The molecule has 1 aromatic carbocycles. The summed E-state index contributed by atoms with van der Waals surface area (Å²) in [4.78, 5) is 12.9. The number of phenolic OH excluding ortho intramolecular Hbond substituents is 1. The lowest BCUT2D eigenvalue weighted by atomic mass is 10.2. The quantitative estimate of drug-likeness (QED) is 0.835. The van der Waals surface area contributed by atoms with Crippen LogP contribution in [0.5, 0.6) is 5.75 Å². The Hall–Kier alpha value is -1.26. The molecule has 0 spiro atoms. The zero-order valence-corrected chi connectivity index (χ0v) is 10.1. The molecule has 88 valence electrons. The number of nitrogens with one attached hydrogen (secondary N) is 1. The fraction of sp³-hybridized carbons (Fsp3) is 0.364. The highest BCUT2D eigenvalue weighted by atomic mass is 35.5. The van der Waals surface area contributed by atoms with Gasteiger partial charge in [0.1, 0.15) is 5.75 Å². The molecule has 0 saturated carbocycles. The molecule has 0 aliphatic heterocycles. The summed E-state index contributed by atoms with van der Waals surface area (Å²) >= 11 is 5.78. The SMILES string of the molecule is CNC(=O)CN(C)Cc1cccc(Cl)c1O. The van der Waals surface area contributed by atoms with Crippen molar-refractivity contribution in [3.8, 4) is 5.75 Å². The molecule has 1 aromatic rings. The Bertz CT molecular complexity index is 382. The van der Waals surface area contributed by atoms with Gasteiger partial charge in [-0.05, 0) is 13.1 Å². The van der Waals surface area contributed by atoms with Gasteiger partial charge in [0.15, 0.2) is 0 Å². The molecule has 0 atom stereocenters. The average Bonchev–Trinajstić information content (AvgIpc) is 2.24. The van der Waals surface area contributed by atoms with Crippen LogP contribution in [0.25, 0.3) is 0 Å². The van der Waals surface area contributed by atoms with E-state index in [1.165, 1.54) is 0 Å². The van der Waals surface area contributed by atoms with Crippen molar-refractivity contribution in [2.75, 3.05) is 20.6 Å². The number of para-hydroxylation sites is 1. The second-order valence-electron chi connectivity index (χ2n) is 3.59. The monoisotopic (exact) mass is 242 g/mol. The first-order valence-electron chi connectivity index (χ1n) is 4.90. The maximum absolute atomic E-state index is 11.1. The minimum atomic E-state index is -0.0657. The van der Waals surface area contributed by atoms with E-state index in [0.29, 0.717) is 17.1 Å². The first-order chi connectivity index (χ1) is 7.54. The van der Waals surface area contributed by atoms with Gasteiger partial charge in [-0.25, -0.2) is 0 Å². The van der Waals surface area contributed by atoms with E-state index in [-0.39, 0.29) is 18.2 Å². The highest BCUT2D eigenvalue weighted by Crippen LogP contribution is 2.27. The zero-order valence-electron chi connectivity index (χ0n) is 9.33. The molecule has 4 nitrogen and oxygen atoms in total. The number of aromatic hydroxyl groups is 1. The third-order valence-corrected chi connectivity index (χ3v) is 2.51. The molecule has 0 bridgehead atoms. The summed E-state index contributed by atoms with van der Waals surface area (Å²) in [6, 6.07) is 5.17. The van der Waals surface area contributed by atoms with Crippen LogP contribution in [0.2, 0.25) is 5.02 Å². The van der Waals surface area contributed by atoms with E-state index in [0.717, 1.165) is 0 Å². The lowest BCUT2D eigenvalue weighted by molar-refractivity contribution is -0.121. The summed E-state index contributed by atoms with van der Waals surface area (Å²) in [5.74, 6) is 0.0111. The molecular formula is C11H15ClN2O2. The van der Waals surface area contributed by atoms with Crippen molar-refractivity contribution in [2.45, 2.75) is 6.54 Å². The number of likely N-dealkylation sites (N-methyl/N-ethyl adjacent to an activating group) is 2. The third-order valence-electron chi connectivity index (χ3n) is 2.20. The van der Waals surface area contributed by atoms with Crippen LogP contribution in [0.4, 0.5) is 0 Å². The highest BCUT2D eigenvalue weighted by Gasteiger charge is 2.09. The maximum atomic E-state index is 11.1. The van der Waals surface area contributed by atoms with Crippen LogP contribution in [-0.4, -0.2) is 36.6 Å². The molecule has 0 unspecified atom stereocenters. The Labute approximate surface area is 99.8 Å². The number of amides is 1.